The molecule has 0 aromatic rings. The molecule has 0 bridgehead atoms. The fourth-order valence-corrected chi connectivity index (χ4v) is 2.42. The van der Waals surface area contributed by atoms with Gasteiger partial charge in [0.2, 0.25) is 0 Å². The lowest BCUT2D eigenvalue weighted by Gasteiger charge is -2.24. The zero-order chi connectivity index (χ0) is 11.8. The van der Waals surface area contributed by atoms with E-state index in [2.05, 4.69) is 12.2 Å². The second-order valence-corrected chi connectivity index (χ2v) is 4.95. The zero-order valence-corrected chi connectivity index (χ0v) is 10.4. The Bertz CT molecular complexity index is 200. The summed E-state index contributed by atoms with van der Waals surface area (Å²) in [7, 11) is 0. The van der Waals surface area contributed by atoms with Crippen LogP contribution < -0.4 is 5.32 Å². The van der Waals surface area contributed by atoms with E-state index in [0.29, 0.717) is 5.92 Å². The summed E-state index contributed by atoms with van der Waals surface area (Å²) in [5.74, 6) is 0.0153. The Morgan fingerprint density at radius 1 is 1.38 bits per heavy atom. The minimum atomic E-state index is -0.691. The van der Waals surface area contributed by atoms with Gasteiger partial charge in [-0.2, -0.15) is 0 Å². The number of hydrogen-bond acceptors (Lipinski definition) is 2. The first-order chi connectivity index (χ1) is 7.74. The van der Waals surface area contributed by atoms with Crippen molar-refractivity contribution in [3.8, 4) is 0 Å². The maximum Gasteiger partial charge on any atom is 0.320 e. The molecule has 16 heavy (non-hydrogen) atoms. The Kier molecular flexibility index (Phi) is 6.46. The number of unbranched alkanes of at least 4 members (excludes halogenated alkanes) is 1. The summed E-state index contributed by atoms with van der Waals surface area (Å²) in [6.45, 7) is 2.99. The fraction of sp³-hybridized carbons (Fsp3) is 0.923. The molecule has 1 rings (SSSR count). The molecule has 1 aliphatic carbocycles. The smallest absolute Gasteiger partial charge is 0.320 e. The molecule has 0 aromatic heterocycles. The lowest BCUT2D eigenvalue weighted by Crippen LogP contribution is -2.39. The largest absolute Gasteiger partial charge is 0.480 e. The summed E-state index contributed by atoms with van der Waals surface area (Å²) in [6.07, 6.45) is 9.36. The van der Waals surface area contributed by atoms with Gasteiger partial charge in [0.15, 0.2) is 0 Å². The van der Waals surface area contributed by atoms with Gasteiger partial charge in [-0.05, 0) is 31.7 Å². The summed E-state index contributed by atoms with van der Waals surface area (Å²) in [6, 6.07) is -0.332. The summed E-state index contributed by atoms with van der Waals surface area (Å²) in [5, 5.41) is 12.3. The monoisotopic (exact) mass is 227 g/mol. The zero-order valence-electron chi connectivity index (χ0n) is 10.4. The average molecular weight is 227 g/mol. The quantitative estimate of drug-likeness (QED) is 0.703. The van der Waals surface area contributed by atoms with E-state index in [0.717, 1.165) is 25.8 Å². The number of carboxylic acids is 1. The molecule has 1 atom stereocenters. The van der Waals surface area contributed by atoms with Crippen LogP contribution >= 0.6 is 0 Å². The van der Waals surface area contributed by atoms with E-state index in [9.17, 15) is 4.79 Å². The predicted molar refractivity (Wildman–Crippen MR) is 65.5 cm³/mol. The highest BCUT2D eigenvalue weighted by Gasteiger charge is 2.19. The van der Waals surface area contributed by atoms with E-state index < -0.39 is 5.97 Å². The van der Waals surface area contributed by atoms with E-state index in [-0.39, 0.29) is 6.04 Å². The van der Waals surface area contributed by atoms with Crippen LogP contribution in [0.2, 0.25) is 0 Å². The Hall–Kier alpha value is -0.570. The second-order valence-electron chi connectivity index (χ2n) is 4.95. The van der Waals surface area contributed by atoms with Crippen LogP contribution in [0.15, 0.2) is 0 Å². The lowest BCUT2D eigenvalue weighted by atomic mass is 9.89. The summed E-state index contributed by atoms with van der Waals surface area (Å²) >= 11 is 0. The maximum atomic E-state index is 11.0. The molecule has 2 N–H and O–H groups in total. The molecule has 0 heterocycles. The van der Waals surface area contributed by atoms with Crippen LogP contribution in [0.3, 0.4) is 0 Å². The molecular weight excluding hydrogens is 202 g/mol. The number of rotatable bonds is 7. The standard InChI is InChI=1S/C13H25NO2/c1-2-3-9-12(13(15)16)14-10-11-7-5-4-6-8-11/h11-12,14H,2-10H2,1H3,(H,15,16). The van der Waals surface area contributed by atoms with Crippen LogP contribution in [-0.4, -0.2) is 23.7 Å². The molecule has 94 valence electrons. The van der Waals surface area contributed by atoms with Crippen LogP contribution in [0.4, 0.5) is 0 Å². The summed E-state index contributed by atoms with van der Waals surface area (Å²) in [4.78, 5) is 11.0. The van der Waals surface area contributed by atoms with Gasteiger partial charge >= 0.3 is 5.97 Å². The number of carboxylic acid groups (broad SMARTS) is 1. The third kappa shape index (κ3) is 4.97. The molecule has 0 radical (unpaired) electrons. The van der Waals surface area contributed by atoms with Crippen molar-refractivity contribution in [2.45, 2.75) is 64.3 Å². The Labute approximate surface area is 98.6 Å². The van der Waals surface area contributed by atoms with E-state index >= 15 is 0 Å². The summed E-state index contributed by atoms with van der Waals surface area (Å²) in [5.41, 5.74) is 0. The number of hydrogen-bond donors (Lipinski definition) is 2. The van der Waals surface area contributed by atoms with Gasteiger partial charge in [-0.1, -0.05) is 39.0 Å². The van der Waals surface area contributed by atoms with Crippen molar-refractivity contribution in [2.75, 3.05) is 6.54 Å². The summed E-state index contributed by atoms with van der Waals surface area (Å²) < 4.78 is 0. The minimum absolute atomic E-state index is 0.332. The molecule has 0 aliphatic heterocycles. The van der Waals surface area contributed by atoms with Gasteiger partial charge in [0.05, 0.1) is 0 Å². The van der Waals surface area contributed by atoms with Crippen molar-refractivity contribution < 1.29 is 9.90 Å². The molecule has 1 unspecified atom stereocenters. The lowest BCUT2D eigenvalue weighted by molar-refractivity contribution is -0.139. The van der Waals surface area contributed by atoms with E-state index in [4.69, 9.17) is 5.11 Å². The van der Waals surface area contributed by atoms with Gasteiger partial charge in [-0.15, -0.1) is 0 Å². The number of nitrogens with one attached hydrogen (secondary N) is 1. The van der Waals surface area contributed by atoms with Crippen LogP contribution in [0.1, 0.15) is 58.3 Å². The SMILES string of the molecule is CCCCC(NCC1CCCCC1)C(=O)O. The number of aliphatic carboxylic acids is 1. The Balaban J connectivity index is 2.22. The topological polar surface area (TPSA) is 49.3 Å². The van der Waals surface area contributed by atoms with Crippen molar-refractivity contribution in [3.05, 3.63) is 0 Å². The minimum Gasteiger partial charge on any atom is -0.480 e. The third-order valence-electron chi connectivity index (χ3n) is 3.52. The van der Waals surface area contributed by atoms with Crippen LogP contribution in [0.25, 0.3) is 0 Å². The first kappa shape index (κ1) is 13.5. The molecule has 3 nitrogen and oxygen atoms in total. The van der Waals surface area contributed by atoms with Crippen molar-refractivity contribution in [1.82, 2.24) is 5.32 Å². The molecule has 0 aromatic carbocycles. The van der Waals surface area contributed by atoms with Crippen LogP contribution in [0.5, 0.6) is 0 Å². The van der Waals surface area contributed by atoms with E-state index in [1.54, 1.807) is 0 Å². The molecule has 1 saturated carbocycles. The van der Waals surface area contributed by atoms with Gasteiger partial charge < -0.3 is 10.4 Å². The molecule has 0 amide bonds. The van der Waals surface area contributed by atoms with Crippen LogP contribution in [-0.2, 0) is 4.79 Å². The fourth-order valence-electron chi connectivity index (χ4n) is 2.42. The molecule has 1 fully saturated rings. The molecular formula is C13H25NO2. The highest BCUT2D eigenvalue weighted by atomic mass is 16.4. The van der Waals surface area contributed by atoms with Gasteiger partial charge in [0.25, 0.3) is 0 Å². The first-order valence-corrected chi connectivity index (χ1v) is 6.70. The first-order valence-electron chi connectivity index (χ1n) is 6.70. The van der Waals surface area contributed by atoms with Crippen molar-refractivity contribution in [1.29, 1.82) is 0 Å². The maximum absolute atomic E-state index is 11.0. The second kappa shape index (κ2) is 7.66. The van der Waals surface area contributed by atoms with Gasteiger partial charge in [-0.3, -0.25) is 4.79 Å². The Morgan fingerprint density at radius 3 is 2.62 bits per heavy atom. The third-order valence-corrected chi connectivity index (χ3v) is 3.52. The van der Waals surface area contributed by atoms with E-state index in [1.165, 1.54) is 32.1 Å². The van der Waals surface area contributed by atoms with Crippen molar-refractivity contribution in [3.63, 3.8) is 0 Å². The molecule has 3 heteroatoms. The highest BCUT2D eigenvalue weighted by Crippen LogP contribution is 2.22. The normalized spacial score (nSPS) is 19.6. The van der Waals surface area contributed by atoms with Crippen molar-refractivity contribution in [2.24, 2.45) is 5.92 Å². The predicted octanol–water partition coefficient (Wildman–Crippen LogP) is 2.80. The average Bonchev–Trinajstić information content (AvgIpc) is 2.30. The number of carbonyl (C=O) groups is 1. The highest BCUT2D eigenvalue weighted by molar-refractivity contribution is 5.73. The molecule has 1 aliphatic rings. The van der Waals surface area contributed by atoms with E-state index in [1.807, 2.05) is 0 Å². The van der Waals surface area contributed by atoms with Gasteiger partial charge in [0.1, 0.15) is 6.04 Å². The van der Waals surface area contributed by atoms with Crippen molar-refractivity contribution >= 4 is 5.97 Å². The van der Waals surface area contributed by atoms with Gasteiger partial charge in [0, 0.05) is 0 Å². The van der Waals surface area contributed by atoms with Crippen LogP contribution in [0, 0.1) is 5.92 Å². The van der Waals surface area contributed by atoms with Gasteiger partial charge in [-0.25, -0.2) is 0 Å². The molecule has 0 spiro atoms. The molecule has 0 saturated heterocycles. The Morgan fingerprint density at radius 2 is 2.06 bits per heavy atom.